The Morgan fingerprint density at radius 2 is 2.06 bits per heavy atom. The third-order valence-corrected chi connectivity index (χ3v) is 1.78. The maximum absolute atomic E-state index is 11.9. The molecule has 4 nitrogen and oxygen atoms in total. The van der Waals surface area contributed by atoms with Crippen molar-refractivity contribution in [3.05, 3.63) is 29.8 Å². The van der Waals surface area contributed by atoms with Crippen molar-refractivity contribution >= 4 is 5.97 Å². The number of carbonyl (C=O) groups excluding carboxylic acids is 1. The summed E-state index contributed by atoms with van der Waals surface area (Å²) in [4.78, 5) is 10.5. The number of rotatable bonds is 3. The van der Waals surface area contributed by atoms with Gasteiger partial charge in [0.15, 0.2) is 6.04 Å². The van der Waals surface area contributed by atoms with E-state index in [1.54, 1.807) is 0 Å². The molecule has 0 radical (unpaired) electrons. The predicted octanol–water partition coefficient (Wildman–Crippen LogP) is -0.382. The van der Waals surface area contributed by atoms with Gasteiger partial charge in [0, 0.05) is 5.56 Å². The van der Waals surface area contributed by atoms with Crippen LogP contribution in [0.2, 0.25) is 0 Å². The van der Waals surface area contributed by atoms with Gasteiger partial charge in [0.25, 0.3) is 0 Å². The molecule has 1 atom stereocenters. The Morgan fingerprint density at radius 3 is 2.56 bits per heavy atom. The lowest BCUT2D eigenvalue weighted by Crippen LogP contribution is -2.61. The number of carboxylic acid groups (broad SMARTS) is 1. The van der Waals surface area contributed by atoms with Crippen molar-refractivity contribution in [3.8, 4) is 5.75 Å². The average Bonchev–Trinajstić information content (AvgIpc) is 2.14. The molecule has 7 heteroatoms. The Bertz CT molecular complexity index is 392. The van der Waals surface area contributed by atoms with E-state index in [1.807, 2.05) is 0 Å². The van der Waals surface area contributed by atoms with Crippen LogP contribution in [-0.4, -0.2) is 12.3 Å². The Labute approximate surface area is 88.4 Å². The van der Waals surface area contributed by atoms with Gasteiger partial charge in [-0.2, -0.15) is 0 Å². The van der Waals surface area contributed by atoms with Crippen molar-refractivity contribution in [3.63, 3.8) is 0 Å². The van der Waals surface area contributed by atoms with Crippen LogP contribution in [0.25, 0.3) is 0 Å². The molecule has 0 saturated carbocycles. The number of carbonyl (C=O) groups is 1. The molecule has 0 aliphatic rings. The molecule has 0 aliphatic carbocycles. The number of benzene rings is 1. The topological polar surface area (TPSA) is 77.0 Å². The van der Waals surface area contributed by atoms with Crippen molar-refractivity contribution in [2.45, 2.75) is 12.4 Å². The van der Waals surface area contributed by atoms with Crippen LogP contribution in [0.5, 0.6) is 5.75 Å². The fraction of sp³-hybridized carbons (Fsp3) is 0.222. The van der Waals surface area contributed by atoms with Crippen LogP contribution in [0.4, 0.5) is 13.2 Å². The molecule has 0 fully saturated rings. The molecule has 16 heavy (non-hydrogen) atoms. The van der Waals surface area contributed by atoms with Crippen molar-refractivity contribution in [2.75, 3.05) is 0 Å². The Morgan fingerprint density at radius 1 is 1.44 bits per heavy atom. The third kappa shape index (κ3) is 3.43. The van der Waals surface area contributed by atoms with Gasteiger partial charge in [-0.25, -0.2) is 0 Å². The van der Waals surface area contributed by atoms with Gasteiger partial charge >= 0.3 is 6.36 Å². The highest BCUT2D eigenvalue weighted by atomic mass is 19.4. The number of carboxylic acids is 1. The van der Waals surface area contributed by atoms with Crippen LogP contribution in [0.1, 0.15) is 11.6 Å². The van der Waals surface area contributed by atoms with Gasteiger partial charge < -0.3 is 20.4 Å². The highest BCUT2D eigenvalue weighted by Crippen LogP contribution is 2.24. The molecule has 0 spiro atoms. The van der Waals surface area contributed by atoms with Crippen LogP contribution in [-0.2, 0) is 4.79 Å². The van der Waals surface area contributed by atoms with Crippen LogP contribution in [0.3, 0.4) is 0 Å². The summed E-state index contributed by atoms with van der Waals surface area (Å²) >= 11 is 0. The average molecular weight is 235 g/mol. The molecule has 0 aromatic heterocycles. The normalized spacial score (nSPS) is 13.2. The quantitative estimate of drug-likeness (QED) is 0.775. The van der Waals surface area contributed by atoms with Crippen LogP contribution >= 0.6 is 0 Å². The van der Waals surface area contributed by atoms with E-state index < -0.39 is 24.1 Å². The molecule has 1 aromatic carbocycles. The summed E-state index contributed by atoms with van der Waals surface area (Å²) in [5, 5.41) is 10.5. The Kier molecular flexibility index (Phi) is 3.38. The minimum Gasteiger partial charge on any atom is -0.544 e. The second-order valence-electron chi connectivity index (χ2n) is 2.99. The second kappa shape index (κ2) is 4.40. The van der Waals surface area contributed by atoms with Gasteiger partial charge in [-0.15, -0.1) is 13.2 Å². The zero-order valence-electron chi connectivity index (χ0n) is 7.95. The van der Waals surface area contributed by atoms with E-state index in [9.17, 15) is 23.1 Å². The minimum atomic E-state index is -4.81. The summed E-state index contributed by atoms with van der Waals surface area (Å²) in [5.41, 5.74) is 3.33. The van der Waals surface area contributed by atoms with Gasteiger partial charge in [0.1, 0.15) is 11.7 Å². The SMILES string of the molecule is [NH3+][C@H](C(=O)[O-])c1cccc(OC(F)(F)F)c1. The fourth-order valence-electron chi connectivity index (χ4n) is 1.06. The van der Waals surface area contributed by atoms with E-state index in [-0.39, 0.29) is 5.56 Å². The Balaban J connectivity index is 2.91. The first kappa shape index (κ1) is 12.3. The number of hydrogen-bond donors (Lipinski definition) is 1. The highest BCUT2D eigenvalue weighted by molar-refractivity contribution is 5.71. The van der Waals surface area contributed by atoms with Gasteiger partial charge in [-0.3, -0.25) is 0 Å². The first-order chi connectivity index (χ1) is 7.29. The molecule has 0 unspecified atom stereocenters. The van der Waals surface area contributed by atoms with Crippen molar-refractivity contribution < 1.29 is 33.5 Å². The summed E-state index contributed by atoms with van der Waals surface area (Å²) in [6.45, 7) is 0. The number of hydrogen-bond acceptors (Lipinski definition) is 3. The fourth-order valence-corrected chi connectivity index (χ4v) is 1.06. The van der Waals surface area contributed by atoms with Crippen molar-refractivity contribution in [2.24, 2.45) is 0 Å². The van der Waals surface area contributed by atoms with Gasteiger partial charge in [-0.1, -0.05) is 12.1 Å². The number of halogens is 3. The summed E-state index contributed by atoms with van der Waals surface area (Å²) in [6.07, 6.45) is -4.81. The zero-order chi connectivity index (χ0) is 12.3. The molecular weight excluding hydrogens is 227 g/mol. The third-order valence-electron chi connectivity index (χ3n) is 1.78. The summed E-state index contributed by atoms with van der Waals surface area (Å²) < 4.78 is 39.2. The van der Waals surface area contributed by atoms with Crippen LogP contribution < -0.4 is 15.6 Å². The molecular formula is C9H8F3NO3. The highest BCUT2D eigenvalue weighted by Gasteiger charge is 2.31. The number of alkyl halides is 3. The van der Waals surface area contributed by atoms with Crippen LogP contribution in [0.15, 0.2) is 24.3 Å². The summed E-state index contributed by atoms with van der Waals surface area (Å²) in [5.74, 6) is -1.95. The Hall–Kier alpha value is -1.76. The van der Waals surface area contributed by atoms with Crippen molar-refractivity contribution in [1.29, 1.82) is 0 Å². The number of ether oxygens (including phenoxy) is 1. The van der Waals surface area contributed by atoms with E-state index >= 15 is 0 Å². The lowest BCUT2D eigenvalue weighted by Gasteiger charge is -2.12. The molecule has 0 amide bonds. The predicted molar refractivity (Wildman–Crippen MR) is 43.8 cm³/mol. The number of aliphatic carboxylic acids is 1. The van der Waals surface area contributed by atoms with Crippen molar-refractivity contribution in [1.82, 2.24) is 0 Å². The molecule has 0 saturated heterocycles. The second-order valence-corrected chi connectivity index (χ2v) is 2.99. The monoisotopic (exact) mass is 235 g/mol. The smallest absolute Gasteiger partial charge is 0.544 e. The first-order valence-corrected chi connectivity index (χ1v) is 4.19. The molecule has 1 aromatic rings. The number of quaternary nitrogens is 1. The largest absolute Gasteiger partial charge is 0.573 e. The maximum Gasteiger partial charge on any atom is 0.573 e. The van der Waals surface area contributed by atoms with E-state index in [2.05, 4.69) is 10.5 Å². The molecule has 0 heterocycles. The van der Waals surface area contributed by atoms with E-state index in [4.69, 9.17) is 0 Å². The van der Waals surface area contributed by atoms with E-state index in [0.717, 1.165) is 12.1 Å². The summed E-state index contributed by atoms with van der Waals surface area (Å²) in [7, 11) is 0. The van der Waals surface area contributed by atoms with Gasteiger partial charge in [0.2, 0.25) is 0 Å². The summed E-state index contributed by atoms with van der Waals surface area (Å²) in [6, 6.07) is 3.37. The van der Waals surface area contributed by atoms with E-state index in [1.165, 1.54) is 12.1 Å². The molecule has 0 aliphatic heterocycles. The molecule has 88 valence electrons. The van der Waals surface area contributed by atoms with Crippen LogP contribution in [0, 0.1) is 0 Å². The van der Waals surface area contributed by atoms with Gasteiger partial charge in [-0.05, 0) is 12.1 Å². The molecule has 0 bridgehead atoms. The molecule has 3 N–H and O–H groups in total. The first-order valence-electron chi connectivity index (χ1n) is 4.19. The lowest BCUT2D eigenvalue weighted by atomic mass is 10.1. The van der Waals surface area contributed by atoms with E-state index in [0.29, 0.717) is 0 Å². The standard InChI is InChI=1S/C9H8F3NO3/c10-9(11,12)16-6-3-1-2-5(4-6)7(13)8(14)15/h1-4,7H,13H2,(H,14,15)/t7-/m0/s1. The minimum absolute atomic E-state index is 0.0850. The van der Waals surface area contributed by atoms with Gasteiger partial charge in [0.05, 0.1) is 0 Å². The zero-order valence-corrected chi connectivity index (χ0v) is 7.95. The lowest BCUT2D eigenvalue weighted by molar-refractivity contribution is -0.443. The molecule has 1 rings (SSSR count). The maximum atomic E-state index is 11.9.